The van der Waals surface area contributed by atoms with Gasteiger partial charge in [0.2, 0.25) is 0 Å². The number of alkyl halides is 9. The molecule has 0 aliphatic rings. The third-order valence-corrected chi connectivity index (χ3v) is 4.95. The zero-order valence-electron chi connectivity index (χ0n) is 12.9. The summed E-state index contributed by atoms with van der Waals surface area (Å²) < 4.78 is 134. The maximum Gasteiger partial charge on any atom is 0.457 e. The van der Waals surface area contributed by atoms with Gasteiger partial charge in [-0.05, 0) is 34.1 Å². The lowest BCUT2D eigenvalue weighted by molar-refractivity contribution is -0.389. The Bertz CT molecular complexity index is 888. The molecule has 0 aromatic heterocycles. The molecule has 28 heavy (non-hydrogen) atoms. The van der Waals surface area contributed by atoms with E-state index >= 15 is 4.39 Å². The van der Waals surface area contributed by atoms with Crippen molar-refractivity contribution in [2.45, 2.75) is 23.9 Å². The van der Waals surface area contributed by atoms with Gasteiger partial charge >= 0.3 is 23.9 Å². The Morgan fingerprint density at radius 2 is 1.32 bits per heavy atom. The Morgan fingerprint density at radius 1 is 0.786 bits per heavy atom. The summed E-state index contributed by atoms with van der Waals surface area (Å²) in [4.78, 5) is 0. The van der Waals surface area contributed by atoms with Gasteiger partial charge in [-0.15, -0.1) is 0 Å². The molecule has 0 aliphatic carbocycles. The van der Waals surface area contributed by atoms with Crippen LogP contribution in [0.5, 0.6) is 0 Å². The van der Waals surface area contributed by atoms with Crippen molar-refractivity contribution in [2.75, 3.05) is 0 Å². The van der Waals surface area contributed by atoms with E-state index in [1.165, 1.54) is 0 Å². The first kappa shape index (κ1) is 23.0. The van der Waals surface area contributed by atoms with Gasteiger partial charge in [-0.3, -0.25) is 0 Å². The molecule has 0 heterocycles. The molecule has 2 aromatic rings. The molecule has 153 valence electrons. The highest BCUT2D eigenvalue weighted by molar-refractivity contribution is 9.11. The van der Waals surface area contributed by atoms with Crippen molar-refractivity contribution >= 4 is 31.9 Å². The van der Waals surface area contributed by atoms with Crippen LogP contribution >= 0.6 is 31.9 Å². The lowest BCUT2D eigenvalue weighted by Crippen LogP contribution is -2.60. The van der Waals surface area contributed by atoms with Crippen LogP contribution in [0.25, 0.3) is 11.1 Å². The van der Waals surface area contributed by atoms with Crippen LogP contribution in [0.1, 0.15) is 5.56 Å². The van der Waals surface area contributed by atoms with Crippen LogP contribution in [0.4, 0.5) is 43.9 Å². The Morgan fingerprint density at radius 3 is 1.79 bits per heavy atom. The molecule has 0 amide bonds. The van der Waals surface area contributed by atoms with E-state index in [2.05, 4.69) is 37.9 Å². The topological polar surface area (TPSA) is 0 Å². The Balaban J connectivity index is 3.07. The molecule has 0 N–H and O–H groups in total. The van der Waals surface area contributed by atoms with Crippen LogP contribution < -0.4 is 0 Å². The lowest BCUT2D eigenvalue weighted by Gasteiger charge is -2.38. The van der Waals surface area contributed by atoms with Crippen molar-refractivity contribution < 1.29 is 43.9 Å². The molecule has 1 radical (unpaired) electrons. The van der Waals surface area contributed by atoms with Crippen molar-refractivity contribution in [1.29, 1.82) is 0 Å². The third-order valence-electron chi connectivity index (χ3n) is 3.70. The van der Waals surface area contributed by atoms with E-state index in [-0.39, 0.29) is 0 Å². The van der Waals surface area contributed by atoms with E-state index in [9.17, 15) is 39.5 Å². The number of benzene rings is 2. The molecule has 1 atom stereocenters. The van der Waals surface area contributed by atoms with Gasteiger partial charge in [-0.1, -0.05) is 34.1 Å². The zero-order valence-corrected chi connectivity index (χ0v) is 16.1. The van der Waals surface area contributed by atoms with E-state index in [1.807, 2.05) is 0 Å². The molecular weight excluding hydrogens is 542 g/mol. The molecule has 12 heteroatoms. The summed E-state index contributed by atoms with van der Waals surface area (Å²) in [5, 5.41) is 0. The van der Waals surface area contributed by atoms with Gasteiger partial charge in [-0.2, -0.15) is 35.1 Å². The minimum absolute atomic E-state index is 0.510. The van der Waals surface area contributed by atoms with Crippen LogP contribution in [0, 0.1) is 11.9 Å². The molecule has 2 aromatic carbocycles. The molecule has 0 fully saturated rings. The normalized spacial score (nSPS) is 15.4. The van der Waals surface area contributed by atoms with Gasteiger partial charge in [0, 0.05) is 25.6 Å². The van der Waals surface area contributed by atoms with Crippen LogP contribution in [-0.4, -0.2) is 18.3 Å². The zero-order chi connectivity index (χ0) is 21.7. The van der Waals surface area contributed by atoms with E-state index in [0.717, 1.165) is 18.2 Å². The highest BCUT2D eigenvalue weighted by Crippen LogP contribution is 2.61. The maximum absolute atomic E-state index is 15.0. The number of halogens is 12. The van der Waals surface area contributed by atoms with Crippen LogP contribution in [-0.2, 0) is 5.67 Å². The first-order valence-corrected chi connectivity index (χ1v) is 8.51. The van der Waals surface area contributed by atoms with E-state index < -0.39 is 55.4 Å². The fourth-order valence-electron chi connectivity index (χ4n) is 2.43. The summed E-state index contributed by atoms with van der Waals surface area (Å²) in [5.41, 5.74) is -10.4. The highest BCUT2D eigenvalue weighted by atomic mass is 79.9. The van der Waals surface area contributed by atoms with Crippen LogP contribution in [0.3, 0.4) is 0 Å². The standard InChI is InChI=1S/C16H5Br2F10/c17-8-5-6-9(18)12(11(8)7-3-1-2-4-10(7)19)13(20,15(23,24)25)14(21,22)16(26,27)28/h1-4,6H. The maximum atomic E-state index is 15.0. The second-order valence-electron chi connectivity index (χ2n) is 5.41. The Kier molecular flexibility index (Phi) is 5.90. The van der Waals surface area contributed by atoms with Gasteiger partial charge in [0.25, 0.3) is 0 Å². The predicted molar refractivity (Wildman–Crippen MR) is 85.9 cm³/mol. The monoisotopic (exact) mass is 545 g/mol. The molecule has 0 aliphatic heterocycles. The van der Waals surface area contributed by atoms with Gasteiger partial charge < -0.3 is 0 Å². The van der Waals surface area contributed by atoms with Crippen molar-refractivity contribution in [3.8, 4) is 11.1 Å². The van der Waals surface area contributed by atoms with Gasteiger partial charge in [0.1, 0.15) is 5.82 Å². The lowest BCUT2D eigenvalue weighted by atomic mass is 9.82. The summed E-state index contributed by atoms with van der Waals surface area (Å²) in [5.74, 6) is -8.18. The van der Waals surface area contributed by atoms with Crippen molar-refractivity contribution in [3.63, 3.8) is 0 Å². The molecule has 0 spiro atoms. The summed E-state index contributed by atoms with van der Waals surface area (Å²) >= 11 is 5.00. The SMILES string of the molecule is Fc1ccccc1-c1c(Br)[c]cc(Br)c1C(F)(C(F)(F)F)C(F)(F)C(F)(F)F. The van der Waals surface area contributed by atoms with E-state index in [1.54, 1.807) is 0 Å². The molecule has 0 saturated carbocycles. The average Bonchev–Trinajstić information content (AvgIpc) is 2.54. The minimum atomic E-state index is -6.91. The quantitative estimate of drug-likeness (QED) is 0.345. The first-order chi connectivity index (χ1) is 12.6. The molecule has 0 saturated heterocycles. The highest BCUT2D eigenvalue weighted by Gasteiger charge is 2.82. The van der Waals surface area contributed by atoms with Crippen molar-refractivity contribution in [2.24, 2.45) is 0 Å². The summed E-state index contributed by atoms with van der Waals surface area (Å²) in [6.07, 6.45) is -13.6. The second-order valence-corrected chi connectivity index (χ2v) is 7.06. The van der Waals surface area contributed by atoms with Gasteiger partial charge in [-0.25, -0.2) is 8.78 Å². The summed E-state index contributed by atoms with van der Waals surface area (Å²) in [6.45, 7) is 0. The fourth-order valence-corrected chi connectivity index (χ4v) is 3.54. The molecule has 0 bridgehead atoms. The first-order valence-electron chi connectivity index (χ1n) is 6.92. The Labute approximate surface area is 167 Å². The molecular formula is C16H5Br2F10. The minimum Gasteiger partial charge on any atom is -0.221 e. The summed E-state index contributed by atoms with van der Waals surface area (Å²) in [6, 6.07) is 6.37. The Hall–Kier alpha value is -1.30. The van der Waals surface area contributed by atoms with Gasteiger partial charge in [0.05, 0.1) is 0 Å². The van der Waals surface area contributed by atoms with E-state index in [4.69, 9.17) is 0 Å². The smallest absolute Gasteiger partial charge is 0.221 e. The summed E-state index contributed by atoms with van der Waals surface area (Å²) in [7, 11) is 0. The predicted octanol–water partition coefficient (Wildman–Crippen LogP) is 7.74. The largest absolute Gasteiger partial charge is 0.457 e. The van der Waals surface area contributed by atoms with Crippen molar-refractivity contribution in [1.82, 2.24) is 0 Å². The third kappa shape index (κ3) is 3.42. The number of hydrogen-bond acceptors (Lipinski definition) is 0. The second kappa shape index (κ2) is 7.19. The molecule has 1 unspecified atom stereocenters. The van der Waals surface area contributed by atoms with E-state index in [0.29, 0.717) is 12.1 Å². The van der Waals surface area contributed by atoms with Crippen LogP contribution in [0.15, 0.2) is 39.3 Å². The number of rotatable bonds is 3. The fraction of sp³-hybridized carbons (Fsp3) is 0.250. The van der Waals surface area contributed by atoms with Crippen LogP contribution in [0.2, 0.25) is 0 Å². The molecule has 0 nitrogen and oxygen atoms in total. The molecule has 2 rings (SSSR count). The average molecular weight is 547 g/mol. The van der Waals surface area contributed by atoms with Crippen molar-refractivity contribution in [3.05, 3.63) is 56.7 Å². The van der Waals surface area contributed by atoms with Gasteiger partial charge in [0.15, 0.2) is 0 Å². The number of hydrogen-bond donors (Lipinski definition) is 0.